The maximum Gasteiger partial charge on any atom is 0.123 e. The molecule has 0 atom stereocenters. The first-order chi connectivity index (χ1) is 8.18. The third-order valence-corrected chi connectivity index (χ3v) is 2.98. The molecule has 86 valence electrons. The molecule has 0 aliphatic heterocycles. The number of benzene rings is 2. The molecule has 0 aliphatic carbocycles. The predicted molar refractivity (Wildman–Crippen MR) is 72.1 cm³/mol. The molecule has 0 aromatic heterocycles. The zero-order chi connectivity index (χ0) is 12.3. The molecule has 0 radical (unpaired) electrons. The van der Waals surface area contributed by atoms with Gasteiger partial charge < -0.3 is 0 Å². The fraction of sp³-hybridized carbons (Fsp3) is 0. The summed E-state index contributed by atoms with van der Waals surface area (Å²) in [5.41, 5.74) is 1.01. The minimum atomic E-state index is 0.441. The number of halogens is 3. The molecule has 0 heterocycles. The van der Waals surface area contributed by atoms with Gasteiger partial charge in [0.15, 0.2) is 0 Å². The van der Waals surface area contributed by atoms with Crippen LogP contribution in [0.3, 0.4) is 0 Å². The second kappa shape index (κ2) is 5.50. The van der Waals surface area contributed by atoms with Crippen molar-refractivity contribution in [3.8, 4) is 0 Å². The maximum atomic E-state index is 5.96. The first kappa shape index (κ1) is 12.4. The van der Waals surface area contributed by atoms with E-state index in [1.165, 1.54) is 0 Å². The molecule has 2 rings (SSSR count). The zero-order valence-corrected chi connectivity index (χ0v) is 10.8. The van der Waals surface area contributed by atoms with Crippen molar-refractivity contribution in [2.45, 2.75) is 0 Å². The Balaban J connectivity index is 2.36. The van der Waals surface area contributed by atoms with Crippen molar-refractivity contribution >= 4 is 46.2 Å². The maximum absolute atomic E-state index is 5.96. The van der Waals surface area contributed by atoms with Gasteiger partial charge in [0.05, 0.1) is 15.1 Å². The van der Waals surface area contributed by atoms with Crippen LogP contribution in [0.2, 0.25) is 15.1 Å². The summed E-state index contributed by atoms with van der Waals surface area (Å²) >= 11 is 17.9. The van der Waals surface area contributed by atoms with Gasteiger partial charge in [0.1, 0.15) is 11.4 Å². The quantitative estimate of drug-likeness (QED) is 0.599. The monoisotopic (exact) mass is 284 g/mol. The van der Waals surface area contributed by atoms with Gasteiger partial charge >= 0.3 is 0 Å². The van der Waals surface area contributed by atoms with E-state index in [2.05, 4.69) is 10.2 Å². The van der Waals surface area contributed by atoms with E-state index in [-0.39, 0.29) is 0 Å². The topological polar surface area (TPSA) is 24.7 Å². The second-order valence-corrected chi connectivity index (χ2v) is 4.44. The predicted octanol–water partition coefficient (Wildman–Crippen LogP) is 6.06. The van der Waals surface area contributed by atoms with Gasteiger partial charge in [-0.05, 0) is 24.3 Å². The number of hydrogen-bond donors (Lipinski definition) is 0. The molecule has 0 saturated heterocycles. The van der Waals surface area contributed by atoms with Crippen LogP contribution < -0.4 is 0 Å². The molecule has 5 heteroatoms. The van der Waals surface area contributed by atoms with Crippen LogP contribution in [0.5, 0.6) is 0 Å². The van der Waals surface area contributed by atoms with Crippen molar-refractivity contribution in [2.75, 3.05) is 0 Å². The van der Waals surface area contributed by atoms with E-state index < -0.39 is 0 Å². The molecule has 2 aromatic carbocycles. The highest BCUT2D eigenvalue weighted by molar-refractivity contribution is 6.38. The Hall–Kier alpha value is -1.09. The Labute approximate surface area is 114 Å². The summed E-state index contributed by atoms with van der Waals surface area (Å²) in [7, 11) is 0. The van der Waals surface area contributed by atoms with E-state index in [1.807, 2.05) is 12.1 Å². The molecular weight excluding hydrogens is 279 g/mol. The van der Waals surface area contributed by atoms with E-state index in [0.717, 1.165) is 0 Å². The highest BCUT2D eigenvalue weighted by Gasteiger charge is 2.04. The zero-order valence-electron chi connectivity index (χ0n) is 8.57. The van der Waals surface area contributed by atoms with Crippen LogP contribution >= 0.6 is 34.8 Å². The lowest BCUT2D eigenvalue weighted by Crippen LogP contribution is -1.71. The molecule has 0 spiro atoms. The van der Waals surface area contributed by atoms with Crippen LogP contribution in [0.25, 0.3) is 0 Å². The standard InChI is InChI=1S/C12H7Cl3N2/c13-8-4-1-2-7-11(8)16-17-12-9(14)5-3-6-10(12)15/h1-7H. The first-order valence-electron chi connectivity index (χ1n) is 4.79. The van der Waals surface area contributed by atoms with E-state index in [0.29, 0.717) is 26.4 Å². The van der Waals surface area contributed by atoms with Crippen molar-refractivity contribution in [1.82, 2.24) is 0 Å². The first-order valence-corrected chi connectivity index (χ1v) is 5.92. The summed E-state index contributed by atoms with van der Waals surface area (Å²) in [6.45, 7) is 0. The Morgan fingerprint density at radius 1 is 0.647 bits per heavy atom. The SMILES string of the molecule is Clc1ccccc1N=Nc1c(Cl)cccc1Cl. The van der Waals surface area contributed by atoms with Crippen molar-refractivity contribution in [1.29, 1.82) is 0 Å². The number of azo groups is 1. The number of hydrogen-bond acceptors (Lipinski definition) is 2. The number of rotatable bonds is 2. The van der Waals surface area contributed by atoms with Gasteiger partial charge in [0.25, 0.3) is 0 Å². The Morgan fingerprint density at radius 2 is 1.24 bits per heavy atom. The Morgan fingerprint density at radius 3 is 1.88 bits per heavy atom. The fourth-order valence-electron chi connectivity index (χ4n) is 1.22. The van der Waals surface area contributed by atoms with E-state index in [1.54, 1.807) is 30.3 Å². The molecule has 0 aliphatic rings. The third-order valence-electron chi connectivity index (χ3n) is 2.05. The van der Waals surface area contributed by atoms with Gasteiger partial charge in [-0.2, -0.15) is 0 Å². The summed E-state index contributed by atoms with van der Waals surface area (Å²) < 4.78 is 0. The molecule has 0 bridgehead atoms. The summed E-state index contributed by atoms with van der Waals surface area (Å²) in [5, 5.41) is 9.47. The highest BCUT2D eigenvalue weighted by Crippen LogP contribution is 2.34. The molecular formula is C12H7Cl3N2. The molecule has 17 heavy (non-hydrogen) atoms. The van der Waals surface area contributed by atoms with Gasteiger partial charge in [-0.3, -0.25) is 0 Å². The van der Waals surface area contributed by atoms with Gasteiger partial charge in [0.2, 0.25) is 0 Å². The van der Waals surface area contributed by atoms with E-state index in [9.17, 15) is 0 Å². The second-order valence-electron chi connectivity index (χ2n) is 3.22. The number of nitrogens with zero attached hydrogens (tertiary/aromatic N) is 2. The molecule has 0 N–H and O–H groups in total. The molecule has 2 nitrogen and oxygen atoms in total. The fourth-order valence-corrected chi connectivity index (χ4v) is 1.87. The summed E-state index contributed by atoms with van der Waals surface area (Å²) in [6, 6.07) is 12.3. The van der Waals surface area contributed by atoms with E-state index in [4.69, 9.17) is 34.8 Å². The average Bonchev–Trinajstić information content (AvgIpc) is 2.30. The Kier molecular flexibility index (Phi) is 4.00. The van der Waals surface area contributed by atoms with Crippen LogP contribution in [0.1, 0.15) is 0 Å². The normalized spacial score (nSPS) is 11.0. The molecule has 0 saturated carbocycles. The van der Waals surface area contributed by atoms with Crippen LogP contribution in [-0.2, 0) is 0 Å². The molecule has 0 amide bonds. The summed E-state index contributed by atoms with van der Waals surface area (Å²) in [5.74, 6) is 0. The summed E-state index contributed by atoms with van der Waals surface area (Å²) in [4.78, 5) is 0. The minimum Gasteiger partial charge on any atom is -0.149 e. The van der Waals surface area contributed by atoms with Crippen LogP contribution in [-0.4, -0.2) is 0 Å². The smallest absolute Gasteiger partial charge is 0.123 e. The van der Waals surface area contributed by atoms with Crippen molar-refractivity contribution in [3.63, 3.8) is 0 Å². The molecule has 0 unspecified atom stereocenters. The lowest BCUT2D eigenvalue weighted by Gasteiger charge is -1.99. The van der Waals surface area contributed by atoms with Gasteiger partial charge in [-0.25, -0.2) is 0 Å². The largest absolute Gasteiger partial charge is 0.149 e. The highest BCUT2D eigenvalue weighted by atomic mass is 35.5. The van der Waals surface area contributed by atoms with Crippen molar-refractivity contribution in [2.24, 2.45) is 10.2 Å². The van der Waals surface area contributed by atoms with Gasteiger partial charge in [-0.15, -0.1) is 10.2 Å². The Bertz CT molecular complexity index is 547. The lowest BCUT2D eigenvalue weighted by atomic mass is 10.3. The third kappa shape index (κ3) is 2.97. The molecule has 2 aromatic rings. The van der Waals surface area contributed by atoms with Gasteiger partial charge in [0, 0.05) is 0 Å². The van der Waals surface area contributed by atoms with Crippen molar-refractivity contribution < 1.29 is 0 Å². The van der Waals surface area contributed by atoms with Crippen LogP contribution in [0.4, 0.5) is 11.4 Å². The van der Waals surface area contributed by atoms with E-state index >= 15 is 0 Å². The average molecular weight is 286 g/mol. The summed E-state index contributed by atoms with van der Waals surface area (Å²) in [6.07, 6.45) is 0. The molecule has 0 fully saturated rings. The minimum absolute atomic E-state index is 0.441. The van der Waals surface area contributed by atoms with Crippen LogP contribution in [0, 0.1) is 0 Å². The van der Waals surface area contributed by atoms with Crippen molar-refractivity contribution in [3.05, 3.63) is 57.5 Å². The van der Waals surface area contributed by atoms with Crippen LogP contribution in [0.15, 0.2) is 52.7 Å². The van der Waals surface area contributed by atoms with Gasteiger partial charge in [-0.1, -0.05) is 53.0 Å². The lowest BCUT2D eigenvalue weighted by molar-refractivity contribution is 1.23.